The second kappa shape index (κ2) is 8.22. The molecule has 3 aromatic rings. The van der Waals surface area contributed by atoms with Gasteiger partial charge in [0.15, 0.2) is 11.6 Å². The fourth-order valence-corrected chi connectivity index (χ4v) is 3.05. The van der Waals surface area contributed by atoms with Gasteiger partial charge in [-0.1, -0.05) is 25.4 Å². The minimum Gasteiger partial charge on any atom is -0.483 e. The zero-order valence-electron chi connectivity index (χ0n) is 13.5. The first-order chi connectivity index (χ1) is 12.0. The van der Waals surface area contributed by atoms with Gasteiger partial charge in [-0.3, -0.25) is 4.79 Å². The zero-order chi connectivity index (χ0) is 18.6. The summed E-state index contributed by atoms with van der Waals surface area (Å²) in [7, 11) is 0. The van der Waals surface area contributed by atoms with E-state index in [2.05, 4.69) is 4.98 Å². The summed E-state index contributed by atoms with van der Waals surface area (Å²) in [6.07, 6.45) is 0. The first kappa shape index (κ1) is 19.1. The van der Waals surface area contributed by atoms with Crippen molar-refractivity contribution in [2.45, 2.75) is 20.5 Å². The predicted molar refractivity (Wildman–Crippen MR) is 95.2 cm³/mol. The zero-order valence-corrected chi connectivity index (χ0v) is 15.0. The number of hydrogen-bond acceptors (Lipinski definition) is 4. The number of thiazole rings is 1. The number of nitrogens with two attached hydrogens (primary N) is 1. The summed E-state index contributed by atoms with van der Waals surface area (Å²) in [5.74, 6) is -3.61. The molecule has 132 valence electrons. The molecular weight excluding hydrogens is 370 g/mol. The third-order valence-electron chi connectivity index (χ3n) is 3.05. The molecule has 0 saturated carbocycles. The monoisotopic (exact) mass is 384 g/mol. The fourth-order valence-electron chi connectivity index (χ4n) is 2.02. The number of aromatic nitrogens is 1. The van der Waals surface area contributed by atoms with Crippen LogP contribution in [0.1, 0.15) is 29.2 Å². The smallest absolute Gasteiger partial charge is 0.254 e. The van der Waals surface area contributed by atoms with Crippen LogP contribution in [0.4, 0.5) is 8.78 Å². The molecular formula is C17H15ClF2N2O2S. The summed E-state index contributed by atoms with van der Waals surface area (Å²) < 4.78 is 33.6. The lowest BCUT2D eigenvalue weighted by Crippen LogP contribution is -2.16. The van der Waals surface area contributed by atoms with Gasteiger partial charge in [0.2, 0.25) is 0 Å². The number of carbonyl (C=O) groups excluding carboxylic acids is 1. The standard InChI is InChI=1S/C15H9ClF2N2O2S.C2H6/c16-7-1-4-11-9(5-7)20-12(23-11)6-22-10-3-2-8(17)13(14(10)18)15(19)21;1-2/h1-5H,6H2,(H2,19,21);1-2H3. The van der Waals surface area contributed by atoms with Crippen LogP contribution < -0.4 is 10.5 Å². The second-order valence-electron chi connectivity index (χ2n) is 4.61. The van der Waals surface area contributed by atoms with E-state index in [-0.39, 0.29) is 12.4 Å². The number of amides is 1. The molecule has 0 aliphatic rings. The highest BCUT2D eigenvalue weighted by Crippen LogP contribution is 2.27. The molecule has 0 saturated heterocycles. The Labute approximate surface area is 152 Å². The number of primary amides is 1. The third-order valence-corrected chi connectivity index (χ3v) is 4.29. The SMILES string of the molecule is CC.NC(=O)c1c(F)ccc(OCc2nc3cc(Cl)ccc3s2)c1F. The van der Waals surface area contributed by atoms with E-state index in [1.807, 2.05) is 19.9 Å². The quantitative estimate of drug-likeness (QED) is 0.693. The maximum Gasteiger partial charge on any atom is 0.254 e. The van der Waals surface area contributed by atoms with Crippen LogP contribution in [0.15, 0.2) is 30.3 Å². The molecule has 8 heteroatoms. The Balaban J connectivity index is 0.00000109. The van der Waals surface area contributed by atoms with Crippen molar-refractivity contribution < 1.29 is 18.3 Å². The van der Waals surface area contributed by atoms with Gasteiger partial charge in [-0.15, -0.1) is 11.3 Å². The number of hydrogen-bond donors (Lipinski definition) is 1. The van der Waals surface area contributed by atoms with Crippen molar-refractivity contribution in [3.05, 3.63) is 57.6 Å². The van der Waals surface area contributed by atoms with E-state index < -0.39 is 23.1 Å². The first-order valence-electron chi connectivity index (χ1n) is 7.41. The van der Waals surface area contributed by atoms with E-state index in [9.17, 15) is 13.6 Å². The summed E-state index contributed by atoms with van der Waals surface area (Å²) in [4.78, 5) is 15.4. The van der Waals surface area contributed by atoms with Crippen molar-refractivity contribution in [1.82, 2.24) is 4.98 Å². The molecule has 0 radical (unpaired) electrons. The summed E-state index contributed by atoms with van der Waals surface area (Å²) in [6.45, 7) is 3.97. The molecule has 0 fully saturated rings. The molecule has 4 nitrogen and oxygen atoms in total. The van der Waals surface area contributed by atoms with Crippen LogP contribution >= 0.6 is 22.9 Å². The first-order valence-corrected chi connectivity index (χ1v) is 8.60. The van der Waals surface area contributed by atoms with Gasteiger partial charge in [0.05, 0.1) is 10.2 Å². The Hall–Kier alpha value is -2.25. The maximum atomic E-state index is 14.0. The van der Waals surface area contributed by atoms with Crippen molar-refractivity contribution in [1.29, 1.82) is 0 Å². The van der Waals surface area contributed by atoms with Crippen LogP contribution in [0.3, 0.4) is 0 Å². The normalized spacial score (nSPS) is 10.3. The van der Waals surface area contributed by atoms with E-state index >= 15 is 0 Å². The number of rotatable bonds is 4. The van der Waals surface area contributed by atoms with Gasteiger partial charge in [0.25, 0.3) is 5.91 Å². The van der Waals surface area contributed by atoms with Crippen molar-refractivity contribution in [3.8, 4) is 5.75 Å². The molecule has 25 heavy (non-hydrogen) atoms. The van der Waals surface area contributed by atoms with Crippen LogP contribution in [0.25, 0.3) is 10.2 Å². The predicted octanol–water partition coefficient (Wildman–Crippen LogP) is 4.93. The van der Waals surface area contributed by atoms with Crippen LogP contribution in [-0.2, 0) is 6.61 Å². The van der Waals surface area contributed by atoms with E-state index in [1.54, 1.807) is 12.1 Å². The average molecular weight is 385 g/mol. The van der Waals surface area contributed by atoms with Gasteiger partial charge >= 0.3 is 0 Å². The van der Waals surface area contributed by atoms with E-state index in [0.29, 0.717) is 15.5 Å². The summed E-state index contributed by atoms with van der Waals surface area (Å²) in [5.41, 5.74) is 4.85. The lowest BCUT2D eigenvalue weighted by Gasteiger charge is -2.08. The summed E-state index contributed by atoms with van der Waals surface area (Å²) in [6, 6.07) is 7.30. The van der Waals surface area contributed by atoms with Crippen LogP contribution in [0.5, 0.6) is 5.75 Å². The van der Waals surface area contributed by atoms with Crippen LogP contribution in [0, 0.1) is 11.6 Å². The molecule has 1 heterocycles. The van der Waals surface area contributed by atoms with Gasteiger partial charge in [-0.25, -0.2) is 13.8 Å². The number of benzene rings is 2. The molecule has 1 amide bonds. The van der Waals surface area contributed by atoms with E-state index in [4.69, 9.17) is 22.1 Å². The number of fused-ring (bicyclic) bond motifs is 1. The maximum absolute atomic E-state index is 14.0. The fraction of sp³-hybridized carbons (Fsp3) is 0.176. The van der Waals surface area contributed by atoms with Crippen LogP contribution in [0.2, 0.25) is 5.02 Å². The Kier molecular flexibility index (Phi) is 6.27. The topological polar surface area (TPSA) is 65.2 Å². The van der Waals surface area contributed by atoms with Crippen molar-refractivity contribution >= 4 is 39.1 Å². The number of halogens is 3. The van der Waals surface area contributed by atoms with Crippen molar-refractivity contribution in [3.63, 3.8) is 0 Å². The molecule has 0 bridgehead atoms. The summed E-state index contributed by atoms with van der Waals surface area (Å²) >= 11 is 7.25. The molecule has 0 atom stereocenters. The Bertz CT molecular complexity index is 915. The van der Waals surface area contributed by atoms with Gasteiger partial charge in [-0.2, -0.15) is 0 Å². The van der Waals surface area contributed by atoms with Crippen molar-refractivity contribution in [2.24, 2.45) is 5.73 Å². The minimum absolute atomic E-state index is 0.0300. The van der Waals surface area contributed by atoms with Crippen molar-refractivity contribution in [2.75, 3.05) is 0 Å². The highest BCUT2D eigenvalue weighted by molar-refractivity contribution is 7.18. The molecule has 1 aromatic heterocycles. The lowest BCUT2D eigenvalue weighted by molar-refractivity contribution is 0.0991. The molecule has 3 rings (SSSR count). The molecule has 0 spiro atoms. The number of ether oxygens (including phenoxy) is 1. The molecule has 2 aromatic carbocycles. The van der Waals surface area contributed by atoms with Crippen LogP contribution in [-0.4, -0.2) is 10.9 Å². The third kappa shape index (κ3) is 4.24. The lowest BCUT2D eigenvalue weighted by atomic mass is 10.2. The van der Waals surface area contributed by atoms with E-state index in [1.165, 1.54) is 11.3 Å². The average Bonchev–Trinajstić information content (AvgIpc) is 2.97. The Morgan fingerprint density at radius 3 is 2.68 bits per heavy atom. The molecule has 0 aliphatic carbocycles. The minimum atomic E-state index is -1.19. The highest BCUT2D eigenvalue weighted by Gasteiger charge is 2.19. The molecule has 0 aliphatic heterocycles. The molecule has 0 unspecified atom stereocenters. The largest absolute Gasteiger partial charge is 0.483 e. The summed E-state index contributed by atoms with van der Waals surface area (Å²) in [5, 5.41) is 1.15. The molecule has 2 N–H and O–H groups in total. The highest BCUT2D eigenvalue weighted by atomic mass is 35.5. The van der Waals surface area contributed by atoms with Gasteiger partial charge in [0, 0.05) is 5.02 Å². The van der Waals surface area contributed by atoms with Gasteiger partial charge in [-0.05, 0) is 30.3 Å². The van der Waals surface area contributed by atoms with Gasteiger partial charge < -0.3 is 10.5 Å². The number of carbonyl (C=O) groups is 1. The Morgan fingerprint density at radius 1 is 1.28 bits per heavy atom. The van der Waals surface area contributed by atoms with Gasteiger partial charge in [0.1, 0.15) is 23.0 Å². The second-order valence-corrected chi connectivity index (χ2v) is 6.16. The Morgan fingerprint density at radius 2 is 2.00 bits per heavy atom. The number of nitrogens with zero attached hydrogens (tertiary/aromatic N) is 1. The van der Waals surface area contributed by atoms with E-state index in [0.717, 1.165) is 16.8 Å².